The first-order valence-electron chi connectivity index (χ1n) is 11.2. The Labute approximate surface area is 192 Å². The Morgan fingerprint density at radius 1 is 1.00 bits per heavy atom. The standard InChI is InChI=1S/C29H31N3/c1-5-32(22(2)25-9-7-6-8-10-25)28-15-13-23(14-16-28)11-12-24-17-26(27(20-30)21-31)19-29(3,4)18-24/h6-17,22H,5,18-19H2,1-4H3/b12-11+/t22-/m1/s1. The number of hydrogen-bond donors (Lipinski definition) is 0. The smallest absolute Gasteiger partial charge is 0.132 e. The molecule has 0 saturated heterocycles. The van der Waals surface area contributed by atoms with Crippen LogP contribution in [0.4, 0.5) is 5.69 Å². The number of benzene rings is 2. The fraction of sp³-hybridized carbons (Fsp3) is 0.310. The van der Waals surface area contributed by atoms with Crippen molar-refractivity contribution >= 4 is 11.8 Å². The minimum atomic E-state index is 0.0295. The molecule has 2 aromatic rings. The summed E-state index contributed by atoms with van der Waals surface area (Å²) >= 11 is 0. The van der Waals surface area contributed by atoms with Gasteiger partial charge in [-0.1, -0.05) is 74.5 Å². The molecule has 3 rings (SSSR count). The van der Waals surface area contributed by atoms with E-state index in [9.17, 15) is 10.5 Å². The molecule has 1 aliphatic rings. The Balaban J connectivity index is 1.80. The second kappa shape index (κ2) is 10.2. The molecule has 3 nitrogen and oxygen atoms in total. The van der Waals surface area contributed by atoms with Crippen molar-refractivity contribution in [1.82, 2.24) is 0 Å². The third-order valence-electron chi connectivity index (χ3n) is 6.06. The van der Waals surface area contributed by atoms with E-state index in [1.807, 2.05) is 18.2 Å². The number of nitriles is 2. The zero-order valence-electron chi connectivity index (χ0n) is 19.5. The van der Waals surface area contributed by atoms with Crippen LogP contribution in [0.5, 0.6) is 0 Å². The molecule has 0 saturated carbocycles. The largest absolute Gasteiger partial charge is 0.365 e. The second-order valence-corrected chi connectivity index (χ2v) is 9.16. The van der Waals surface area contributed by atoms with Crippen molar-refractivity contribution in [3.8, 4) is 12.1 Å². The number of rotatable bonds is 6. The summed E-state index contributed by atoms with van der Waals surface area (Å²) in [4.78, 5) is 2.40. The molecular formula is C29H31N3. The lowest BCUT2D eigenvalue weighted by Crippen LogP contribution is -2.26. The minimum Gasteiger partial charge on any atom is -0.365 e. The van der Waals surface area contributed by atoms with Crippen molar-refractivity contribution in [1.29, 1.82) is 10.5 Å². The van der Waals surface area contributed by atoms with Crippen LogP contribution in [-0.4, -0.2) is 6.54 Å². The molecule has 0 heterocycles. The van der Waals surface area contributed by atoms with E-state index in [1.54, 1.807) is 0 Å². The number of allylic oxidation sites excluding steroid dienone is 5. The lowest BCUT2D eigenvalue weighted by molar-refractivity contribution is 0.354. The van der Waals surface area contributed by atoms with Gasteiger partial charge in [0.1, 0.15) is 17.7 Å². The van der Waals surface area contributed by atoms with Gasteiger partial charge >= 0.3 is 0 Å². The van der Waals surface area contributed by atoms with Crippen LogP contribution in [0.1, 0.15) is 57.7 Å². The molecule has 0 aromatic heterocycles. The van der Waals surface area contributed by atoms with Gasteiger partial charge in [-0.3, -0.25) is 0 Å². The van der Waals surface area contributed by atoms with Gasteiger partial charge in [-0.15, -0.1) is 0 Å². The van der Waals surface area contributed by atoms with E-state index in [1.165, 1.54) is 11.3 Å². The van der Waals surface area contributed by atoms with E-state index in [2.05, 4.69) is 99.3 Å². The molecular weight excluding hydrogens is 390 g/mol. The van der Waals surface area contributed by atoms with Gasteiger partial charge in [-0.2, -0.15) is 10.5 Å². The normalized spacial score (nSPS) is 16.1. The first kappa shape index (κ1) is 23.1. The highest BCUT2D eigenvalue weighted by Gasteiger charge is 2.26. The second-order valence-electron chi connectivity index (χ2n) is 9.16. The summed E-state index contributed by atoms with van der Waals surface area (Å²) in [5.74, 6) is 0. The van der Waals surface area contributed by atoms with Gasteiger partial charge in [0.2, 0.25) is 0 Å². The quantitative estimate of drug-likeness (QED) is 0.457. The predicted molar refractivity (Wildman–Crippen MR) is 133 cm³/mol. The van der Waals surface area contributed by atoms with Crippen LogP contribution in [0, 0.1) is 28.1 Å². The molecule has 1 aliphatic carbocycles. The van der Waals surface area contributed by atoms with E-state index in [0.717, 1.165) is 36.1 Å². The topological polar surface area (TPSA) is 50.8 Å². The Morgan fingerprint density at radius 2 is 1.66 bits per heavy atom. The summed E-state index contributed by atoms with van der Waals surface area (Å²) in [6, 6.07) is 23.6. The highest BCUT2D eigenvalue weighted by Crippen LogP contribution is 2.39. The van der Waals surface area contributed by atoms with Gasteiger partial charge in [-0.25, -0.2) is 0 Å². The van der Waals surface area contributed by atoms with Crippen molar-refractivity contribution in [2.75, 3.05) is 11.4 Å². The number of nitrogens with zero attached hydrogens (tertiary/aromatic N) is 3. The third kappa shape index (κ3) is 5.57. The zero-order valence-corrected chi connectivity index (χ0v) is 19.5. The Morgan fingerprint density at radius 3 is 2.25 bits per heavy atom. The molecule has 32 heavy (non-hydrogen) atoms. The Kier molecular flexibility index (Phi) is 7.34. The average Bonchev–Trinajstić information content (AvgIpc) is 2.79. The van der Waals surface area contributed by atoms with Gasteiger partial charge < -0.3 is 4.90 Å². The molecule has 3 heteroatoms. The third-order valence-corrected chi connectivity index (χ3v) is 6.06. The monoisotopic (exact) mass is 421 g/mol. The van der Waals surface area contributed by atoms with Gasteiger partial charge in [0.25, 0.3) is 0 Å². The summed E-state index contributed by atoms with van der Waals surface area (Å²) in [6.45, 7) is 9.73. The van der Waals surface area contributed by atoms with Crippen molar-refractivity contribution in [2.24, 2.45) is 5.41 Å². The molecule has 0 spiro atoms. The van der Waals surface area contributed by atoms with Crippen LogP contribution in [-0.2, 0) is 0 Å². The van der Waals surface area contributed by atoms with E-state index < -0.39 is 0 Å². The van der Waals surface area contributed by atoms with Crippen molar-refractivity contribution in [3.05, 3.63) is 94.6 Å². The van der Waals surface area contributed by atoms with E-state index in [-0.39, 0.29) is 11.0 Å². The number of hydrogen-bond acceptors (Lipinski definition) is 3. The van der Waals surface area contributed by atoms with Crippen molar-refractivity contribution in [2.45, 2.75) is 46.6 Å². The maximum atomic E-state index is 9.26. The fourth-order valence-electron chi connectivity index (χ4n) is 4.46. The van der Waals surface area contributed by atoms with E-state index in [0.29, 0.717) is 6.04 Å². The Bertz CT molecular complexity index is 1090. The first-order chi connectivity index (χ1) is 15.4. The van der Waals surface area contributed by atoms with Crippen molar-refractivity contribution in [3.63, 3.8) is 0 Å². The predicted octanol–water partition coefficient (Wildman–Crippen LogP) is 7.38. The number of anilines is 1. The van der Waals surface area contributed by atoms with Crippen LogP contribution >= 0.6 is 0 Å². The average molecular weight is 422 g/mol. The summed E-state index contributed by atoms with van der Waals surface area (Å²) in [5.41, 5.74) is 5.89. The molecule has 2 aromatic carbocycles. The van der Waals surface area contributed by atoms with Crippen molar-refractivity contribution < 1.29 is 0 Å². The minimum absolute atomic E-state index is 0.0295. The summed E-state index contributed by atoms with van der Waals surface area (Å²) < 4.78 is 0. The van der Waals surface area contributed by atoms with Crippen LogP contribution in [0.3, 0.4) is 0 Å². The molecule has 0 aliphatic heterocycles. The van der Waals surface area contributed by atoms with E-state index in [4.69, 9.17) is 0 Å². The first-order valence-corrected chi connectivity index (χ1v) is 11.2. The van der Waals surface area contributed by atoms with E-state index >= 15 is 0 Å². The summed E-state index contributed by atoms with van der Waals surface area (Å²) in [6.07, 6.45) is 7.92. The van der Waals surface area contributed by atoms with Gasteiger partial charge in [-0.05, 0) is 66.5 Å². The maximum absolute atomic E-state index is 9.26. The highest BCUT2D eigenvalue weighted by molar-refractivity contribution is 5.60. The molecule has 0 bridgehead atoms. The van der Waals surface area contributed by atoms with Crippen LogP contribution in [0.2, 0.25) is 0 Å². The fourth-order valence-corrected chi connectivity index (χ4v) is 4.46. The SMILES string of the molecule is CCN(c1ccc(/C=C/C2=CC(=C(C#N)C#N)CC(C)(C)C2)cc1)[C@H](C)c1ccccc1. The molecule has 1 atom stereocenters. The molecule has 0 radical (unpaired) electrons. The lowest BCUT2D eigenvalue weighted by atomic mass is 9.74. The maximum Gasteiger partial charge on any atom is 0.132 e. The van der Waals surface area contributed by atoms with Gasteiger partial charge in [0, 0.05) is 12.2 Å². The molecule has 162 valence electrons. The van der Waals surface area contributed by atoms with Crippen LogP contribution < -0.4 is 4.90 Å². The molecule has 0 amide bonds. The molecule has 0 N–H and O–H groups in total. The highest BCUT2D eigenvalue weighted by atomic mass is 15.1. The van der Waals surface area contributed by atoms with Gasteiger partial charge in [0.05, 0.1) is 6.04 Å². The van der Waals surface area contributed by atoms with Crippen LogP contribution in [0.25, 0.3) is 6.08 Å². The molecule has 0 unspecified atom stereocenters. The van der Waals surface area contributed by atoms with Crippen LogP contribution in [0.15, 0.2) is 83.5 Å². The summed E-state index contributed by atoms with van der Waals surface area (Å²) in [7, 11) is 0. The lowest BCUT2D eigenvalue weighted by Gasteiger charge is -2.31. The zero-order chi connectivity index (χ0) is 23.1. The van der Waals surface area contributed by atoms with Gasteiger partial charge in [0.15, 0.2) is 0 Å². The summed E-state index contributed by atoms with van der Waals surface area (Å²) in [5, 5.41) is 18.5. The molecule has 0 fully saturated rings. The Hall–Kier alpha value is -3.56.